The van der Waals surface area contributed by atoms with Crippen LogP contribution in [0.5, 0.6) is 0 Å². The van der Waals surface area contributed by atoms with E-state index in [1.807, 2.05) is 30.3 Å². The van der Waals surface area contributed by atoms with E-state index in [0.717, 1.165) is 22.0 Å². The normalized spacial score (nSPS) is 11.0. The molecule has 0 saturated heterocycles. The maximum atomic E-state index is 11.8. The number of aromatic nitrogens is 1. The first-order valence-corrected chi connectivity index (χ1v) is 7.13. The largest absolute Gasteiger partial charge is 0.349 e. The molecule has 2 aromatic carbocycles. The molecule has 3 aromatic rings. The minimum absolute atomic E-state index is 0.133. The number of rotatable bonds is 3. The van der Waals surface area contributed by atoms with Gasteiger partial charge in [-0.05, 0) is 17.9 Å². The van der Waals surface area contributed by atoms with Gasteiger partial charge in [0.15, 0.2) is 0 Å². The van der Waals surface area contributed by atoms with Crippen LogP contribution in [0.15, 0.2) is 48.5 Å². The Balaban J connectivity index is 2.10. The molecule has 0 unspecified atom stereocenters. The second kappa shape index (κ2) is 5.52. The van der Waals surface area contributed by atoms with E-state index in [1.54, 1.807) is 19.0 Å². The number of hydrogen-bond acceptors (Lipinski definition) is 2. The summed E-state index contributed by atoms with van der Waals surface area (Å²) < 4.78 is 0. The van der Waals surface area contributed by atoms with Crippen LogP contribution in [0.3, 0.4) is 0 Å². The molecule has 1 amide bonds. The molecule has 21 heavy (non-hydrogen) atoms. The Kier molecular flexibility index (Phi) is 3.57. The molecule has 0 aliphatic heterocycles. The lowest BCUT2D eigenvalue weighted by Crippen LogP contribution is -2.22. The molecule has 0 aliphatic carbocycles. The van der Waals surface area contributed by atoms with Crippen molar-refractivity contribution in [1.29, 1.82) is 0 Å². The number of aryl methyl sites for hydroxylation is 1. The van der Waals surface area contributed by atoms with Gasteiger partial charge in [0, 0.05) is 37.0 Å². The highest BCUT2D eigenvalue weighted by Crippen LogP contribution is 2.26. The fourth-order valence-corrected chi connectivity index (χ4v) is 2.61. The summed E-state index contributed by atoms with van der Waals surface area (Å²) in [5, 5.41) is 3.51. The minimum Gasteiger partial charge on any atom is -0.349 e. The topological polar surface area (TPSA) is 33.2 Å². The molecule has 3 rings (SSSR count). The van der Waals surface area contributed by atoms with Crippen LogP contribution in [0.1, 0.15) is 12.1 Å². The van der Waals surface area contributed by atoms with Crippen LogP contribution in [0.4, 0.5) is 0 Å². The molecule has 1 aromatic heterocycles. The summed E-state index contributed by atoms with van der Waals surface area (Å²) in [6.07, 6.45) is 1.16. The second-order valence-corrected chi connectivity index (χ2v) is 5.41. The van der Waals surface area contributed by atoms with E-state index in [9.17, 15) is 4.79 Å². The van der Waals surface area contributed by atoms with E-state index in [1.165, 1.54) is 5.39 Å². The quantitative estimate of drug-likeness (QED) is 0.688. The summed E-state index contributed by atoms with van der Waals surface area (Å²) >= 11 is 0. The minimum atomic E-state index is 0.133. The van der Waals surface area contributed by atoms with E-state index in [2.05, 4.69) is 18.2 Å². The lowest BCUT2D eigenvalue weighted by Gasteiger charge is -2.12. The predicted molar refractivity (Wildman–Crippen MR) is 86.3 cm³/mol. The van der Waals surface area contributed by atoms with Crippen molar-refractivity contribution in [1.82, 2.24) is 9.88 Å². The molecule has 0 radical (unpaired) electrons. The zero-order valence-electron chi connectivity index (χ0n) is 12.3. The molecule has 3 nitrogen and oxygen atoms in total. The summed E-state index contributed by atoms with van der Waals surface area (Å²) in [6.45, 7) is 0. The highest BCUT2D eigenvalue weighted by atomic mass is 16.2. The van der Waals surface area contributed by atoms with Gasteiger partial charge in [0.25, 0.3) is 0 Å². The molecule has 106 valence electrons. The van der Waals surface area contributed by atoms with Gasteiger partial charge >= 0.3 is 0 Å². The first kappa shape index (κ1) is 13.6. The van der Waals surface area contributed by atoms with Crippen LogP contribution in [0.2, 0.25) is 0 Å². The molecule has 0 atom stereocenters. The van der Waals surface area contributed by atoms with E-state index >= 15 is 0 Å². The van der Waals surface area contributed by atoms with Crippen LogP contribution in [-0.2, 0) is 11.2 Å². The Bertz CT molecular complexity index is 809. The Morgan fingerprint density at radius 1 is 0.952 bits per heavy atom. The summed E-state index contributed by atoms with van der Waals surface area (Å²) in [7, 11) is 3.57. The molecule has 0 fully saturated rings. The van der Waals surface area contributed by atoms with Gasteiger partial charge in [-0.2, -0.15) is 0 Å². The number of fused-ring (bicyclic) bond motifs is 3. The molecule has 0 saturated carbocycles. The van der Waals surface area contributed by atoms with Crippen LogP contribution < -0.4 is 0 Å². The van der Waals surface area contributed by atoms with E-state index in [4.69, 9.17) is 4.98 Å². The molecule has 1 heterocycles. The van der Waals surface area contributed by atoms with Gasteiger partial charge in [-0.1, -0.05) is 42.5 Å². The fraction of sp³-hybridized carbons (Fsp3) is 0.222. The van der Waals surface area contributed by atoms with Crippen molar-refractivity contribution in [3.63, 3.8) is 0 Å². The lowest BCUT2D eigenvalue weighted by molar-refractivity contribution is -0.128. The predicted octanol–water partition coefficient (Wildman–Crippen LogP) is 3.41. The van der Waals surface area contributed by atoms with Crippen molar-refractivity contribution in [2.75, 3.05) is 14.1 Å². The Morgan fingerprint density at radius 2 is 1.57 bits per heavy atom. The van der Waals surface area contributed by atoms with Crippen LogP contribution in [0, 0.1) is 0 Å². The molecule has 0 spiro atoms. The standard InChI is InChI=1S/C18H18N2O/c1-20(2)18(21)12-11-17-15-8-4-3-7-13(15)14-9-5-6-10-16(14)19-17/h3-10H,11-12H2,1-2H3. The van der Waals surface area contributed by atoms with Gasteiger partial charge in [0.2, 0.25) is 5.91 Å². The van der Waals surface area contributed by atoms with Crippen molar-refractivity contribution < 1.29 is 4.79 Å². The van der Waals surface area contributed by atoms with Crippen molar-refractivity contribution >= 4 is 27.6 Å². The number of pyridine rings is 1. The van der Waals surface area contributed by atoms with Crippen molar-refractivity contribution in [2.45, 2.75) is 12.8 Å². The van der Waals surface area contributed by atoms with Crippen LogP contribution >= 0.6 is 0 Å². The maximum Gasteiger partial charge on any atom is 0.222 e. The number of para-hydroxylation sites is 1. The summed E-state index contributed by atoms with van der Waals surface area (Å²) in [4.78, 5) is 18.2. The van der Waals surface area contributed by atoms with E-state index < -0.39 is 0 Å². The van der Waals surface area contributed by atoms with Gasteiger partial charge in [-0.25, -0.2) is 0 Å². The number of carbonyl (C=O) groups is 1. The summed E-state index contributed by atoms with van der Waals surface area (Å²) in [6, 6.07) is 16.4. The SMILES string of the molecule is CN(C)C(=O)CCc1nc2ccccc2c2ccccc12. The van der Waals surface area contributed by atoms with E-state index in [0.29, 0.717) is 12.8 Å². The first-order valence-electron chi connectivity index (χ1n) is 7.13. The maximum absolute atomic E-state index is 11.8. The number of nitrogens with zero attached hydrogens (tertiary/aromatic N) is 2. The van der Waals surface area contributed by atoms with Crippen LogP contribution in [0.25, 0.3) is 21.7 Å². The lowest BCUT2D eigenvalue weighted by atomic mass is 10.0. The third-order valence-electron chi connectivity index (χ3n) is 3.76. The third-order valence-corrected chi connectivity index (χ3v) is 3.76. The first-order chi connectivity index (χ1) is 10.2. The Morgan fingerprint density at radius 3 is 2.29 bits per heavy atom. The zero-order valence-corrected chi connectivity index (χ0v) is 12.3. The number of hydrogen-bond donors (Lipinski definition) is 0. The van der Waals surface area contributed by atoms with Gasteiger partial charge in [-0.15, -0.1) is 0 Å². The van der Waals surface area contributed by atoms with Crippen molar-refractivity contribution in [2.24, 2.45) is 0 Å². The van der Waals surface area contributed by atoms with Crippen molar-refractivity contribution in [3.05, 3.63) is 54.2 Å². The fourth-order valence-electron chi connectivity index (χ4n) is 2.61. The van der Waals surface area contributed by atoms with E-state index in [-0.39, 0.29) is 5.91 Å². The van der Waals surface area contributed by atoms with Gasteiger partial charge in [0.1, 0.15) is 0 Å². The molecule has 0 aliphatic rings. The Labute approximate surface area is 124 Å². The highest BCUT2D eigenvalue weighted by Gasteiger charge is 2.10. The molecule has 3 heteroatoms. The molecular weight excluding hydrogens is 260 g/mol. The smallest absolute Gasteiger partial charge is 0.222 e. The zero-order chi connectivity index (χ0) is 14.8. The number of amides is 1. The van der Waals surface area contributed by atoms with Crippen molar-refractivity contribution in [3.8, 4) is 0 Å². The number of benzene rings is 2. The molecular formula is C18H18N2O. The molecule has 0 N–H and O–H groups in total. The van der Waals surface area contributed by atoms with Crippen LogP contribution in [-0.4, -0.2) is 29.9 Å². The Hall–Kier alpha value is -2.42. The van der Waals surface area contributed by atoms with Gasteiger partial charge in [0.05, 0.1) is 5.52 Å². The summed E-state index contributed by atoms with van der Waals surface area (Å²) in [5.41, 5.74) is 1.99. The van der Waals surface area contributed by atoms with Gasteiger partial charge in [-0.3, -0.25) is 9.78 Å². The molecule has 0 bridgehead atoms. The average Bonchev–Trinajstić information content (AvgIpc) is 2.52. The monoisotopic (exact) mass is 278 g/mol. The average molecular weight is 278 g/mol. The second-order valence-electron chi connectivity index (χ2n) is 5.41. The number of carbonyl (C=O) groups excluding carboxylic acids is 1. The highest BCUT2D eigenvalue weighted by molar-refractivity contribution is 6.06. The third kappa shape index (κ3) is 2.59. The summed E-state index contributed by atoms with van der Waals surface area (Å²) in [5.74, 6) is 0.133. The van der Waals surface area contributed by atoms with Gasteiger partial charge < -0.3 is 4.90 Å².